The molecule has 14 aromatic carbocycles. The number of aromatic nitrogens is 10. The van der Waals surface area contributed by atoms with Crippen LogP contribution in [0.4, 0.5) is 0 Å². The van der Waals surface area contributed by atoms with Crippen LogP contribution in [-0.2, 0) is 27.1 Å². The lowest BCUT2D eigenvalue weighted by atomic mass is 9.70. The van der Waals surface area contributed by atoms with E-state index in [9.17, 15) is 0 Å². The zero-order valence-electron chi connectivity index (χ0n) is 82.4. The molecular formula is C125H120N10O4. The van der Waals surface area contributed by atoms with E-state index in [0.29, 0.717) is 47.1 Å². The molecule has 21 rings (SSSR count). The van der Waals surface area contributed by atoms with Crippen LogP contribution in [0.1, 0.15) is 220 Å². The van der Waals surface area contributed by atoms with Crippen LogP contribution in [0.3, 0.4) is 0 Å². The highest BCUT2D eigenvalue weighted by Crippen LogP contribution is 2.57. The van der Waals surface area contributed by atoms with Gasteiger partial charge in [0.1, 0.15) is 0 Å². The molecule has 0 N–H and O–H groups in total. The number of nitrogens with zero attached hydrogens (tertiary/aromatic N) is 10. The second kappa shape index (κ2) is 37.0. The lowest BCUT2D eigenvalue weighted by molar-refractivity contribution is 0.397. The zero-order chi connectivity index (χ0) is 95.6. The molecule has 0 saturated carbocycles. The van der Waals surface area contributed by atoms with Gasteiger partial charge in [0.2, 0.25) is 47.1 Å². The molecule has 6 aromatic heterocycles. The van der Waals surface area contributed by atoms with E-state index in [1.54, 1.807) is 0 Å². The third-order valence-electron chi connectivity index (χ3n) is 28.8. The van der Waals surface area contributed by atoms with Crippen molar-refractivity contribution in [1.82, 2.24) is 49.9 Å². The van der Waals surface area contributed by atoms with E-state index >= 15 is 0 Å². The summed E-state index contributed by atoms with van der Waals surface area (Å²) < 4.78 is 31.2. The van der Waals surface area contributed by atoms with Crippen LogP contribution in [0.5, 0.6) is 0 Å². The molecule has 0 saturated heterocycles. The third kappa shape index (κ3) is 18.0. The van der Waals surface area contributed by atoms with Gasteiger partial charge in [-0.05, 0) is 293 Å². The van der Waals surface area contributed by atoms with Crippen LogP contribution in [-0.4, -0.2) is 49.9 Å². The summed E-state index contributed by atoms with van der Waals surface area (Å²) in [4.78, 5) is 0. The summed E-state index contributed by atoms with van der Waals surface area (Å²) in [5.41, 5.74) is 32.1. The van der Waals surface area contributed by atoms with Gasteiger partial charge in [-0.2, -0.15) is 0 Å². The monoisotopic (exact) mass is 1820 g/mol. The first-order valence-electron chi connectivity index (χ1n) is 49.9. The average Bonchev–Trinajstić information content (AvgIpc) is 1.54. The Kier molecular flexibility index (Phi) is 24.1. The van der Waals surface area contributed by atoms with Crippen molar-refractivity contribution in [3.05, 3.63) is 337 Å². The van der Waals surface area contributed by atoms with Gasteiger partial charge in [-0.25, -0.2) is 0 Å². The molecule has 20 aromatic rings. The van der Waals surface area contributed by atoms with E-state index in [-0.39, 0.29) is 27.1 Å². The molecule has 0 radical (unpaired) electrons. The van der Waals surface area contributed by atoms with Crippen LogP contribution in [0.2, 0.25) is 0 Å². The molecule has 0 bridgehead atoms. The fourth-order valence-electron chi connectivity index (χ4n) is 20.8. The fourth-order valence-corrected chi connectivity index (χ4v) is 20.8. The van der Waals surface area contributed by atoms with Crippen molar-refractivity contribution in [3.8, 4) is 159 Å². The summed E-state index contributed by atoms with van der Waals surface area (Å²) in [7, 11) is 0. The van der Waals surface area contributed by atoms with Gasteiger partial charge in [0.15, 0.2) is 0 Å². The highest BCUT2D eigenvalue weighted by Gasteiger charge is 2.44. The Balaban J connectivity index is 0.696. The van der Waals surface area contributed by atoms with Crippen LogP contribution in [0, 0.1) is 0 Å². The van der Waals surface area contributed by atoms with Crippen LogP contribution in [0.15, 0.2) is 321 Å². The molecule has 0 fully saturated rings. The maximum absolute atomic E-state index is 6.52. The molecule has 14 nitrogen and oxygen atoms in total. The molecule has 1 aliphatic rings. The number of unbranched alkanes of at least 4 members (excludes halogenated alkanes) is 10. The minimum Gasteiger partial charge on any atom is -0.416 e. The van der Waals surface area contributed by atoms with Crippen molar-refractivity contribution in [2.45, 2.75) is 214 Å². The lowest BCUT2D eigenvalue weighted by Crippen LogP contribution is -2.26. The SMILES string of the molecule is CCCCCCCCC1(CCCCCCCC)c2cc(-n3c4ccc(-c5cccc(-c6nnc(-c7ccc(C(C)(C)C)cc7)o6)c5)cc4c4cc(-c5cccc(-c6nnc(-c7ccc(C(C)(C)C)cc7)o6)c5)ccc43)ccc2-c2ccc(-n3c4ccc(-c5cccc(-c6nnc(-c7ccc(C(C)(C)C)cc7)o6)c5)cc4c4cc(-c5cccc(-c6nnc(-c7ccc(C(C)(C)C)cc7)o6)c5)ccc43)cc21. The highest BCUT2D eigenvalue weighted by atomic mass is 16.4. The lowest BCUT2D eigenvalue weighted by Gasteiger charge is -2.33. The first-order valence-corrected chi connectivity index (χ1v) is 49.9. The Bertz CT molecular complexity index is 7080. The topological polar surface area (TPSA) is 166 Å². The minimum atomic E-state index is -0.339. The molecule has 0 unspecified atom stereocenters. The van der Waals surface area contributed by atoms with Gasteiger partial charge in [0.05, 0.1) is 22.1 Å². The fraction of sp³-hybridized carbons (Fsp3) is 0.264. The van der Waals surface area contributed by atoms with Gasteiger partial charge < -0.3 is 26.8 Å². The summed E-state index contributed by atoms with van der Waals surface area (Å²) in [6, 6.07) is 111. The summed E-state index contributed by atoms with van der Waals surface area (Å²) in [6.07, 6.45) is 16.4. The minimum absolute atomic E-state index is 0.0114. The van der Waals surface area contributed by atoms with Crippen LogP contribution >= 0.6 is 0 Å². The largest absolute Gasteiger partial charge is 0.416 e. The Morgan fingerprint density at radius 3 is 0.676 bits per heavy atom. The number of hydrogen-bond donors (Lipinski definition) is 0. The third-order valence-corrected chi connectivity index (χ3v) is 28.8. The van der Waals surface area contributed by atoms with E-state index in [1.165, 1.54) is 109 Å². The predicted octanol–water partition coefficient (Wildman–Crippen LogP) is 34.4. The van der Waals surface area contributed by atoms with Gasteiger partial charge in [-0.3, -0.25) is 0 Å². The van der Waals surface area contributed by atoms with Crippen LogP contribution < -0.4 is 0 Å². The van der Waals surface area contributed by atoms with Crippen molar-refractivity contribution < 1.29 is 17.7 Å². The van der Waals surface area contributed by atoms with Crippen molar-refractivity contribution in [3.63, 3.8) is 0 Å². The van der Waals surface area contributed by atoms with E-state index in [4.69, 9.17) is 17.7 Å². The Labute approximate surface area is 815 Å². The first-order chi connectivity index (χ1) is 67.2. The van der Waals surface area contributed by atoms with Crippen molar-refractivity contribution in [2.24, 2.45) is 0 Å². The quantitative estimate of drug-likeness (QED) is 0.0427. The second-order valence-corrected chi connectivity index (χ2v) is 42.5. The van der Waals surface area contributed by atoms with Gasteiger partial charge in [0, 0.05) is 82.8 Å². The summed E-state index contributed by atoms with van der Waals surface area (Å²) in [6.45, 7) is 31.3. The first kappa shape index (κ1) is 90.7. The van der Waals surface area contributed by atoms with Gasteiger partial charge in [0.25, 0.3) is 0 Å². The average molecular weight is 1830 g/mol. The number of rotatable bonds is 28. The molecule has 0 spiro atoms. The number of benzene rings is 14. The van der Waals surface area contributed by atoms with E-state index in [1.807, 2.05) is 0 Å². The molecule has 0 aliphatic heterocycles. The predicted molar refractivity (Wildman–Crippen MR) is 569 cm³/mol. The second-order valence-electron chi connectivity index (χ2n) is 42.5. The van der Waals surface area contributed by atoms with E-state index < -0.39 is 0 Å². The van der Waals surface area contributed by atoms with Crippen LogP contribution in [0.25, 0.3) is 202 Å². The maximum atomic E-state index is 6.52. The molecular weight excluding hydrogens is 1710 g/mol. The van der Waals surface area contributed by atoms with Crippen molar-refractivity contribution in [2.75, 3.05) is 0 Å². The Hall–Kier alpha value is -14.8. The smallest absolute Gasteiger partial charge is 0.248 e. The standard InChI is InChI=1S/C125H120N10O4/c1-15-17-19-21-23-25-67-125(68-26-24-22-20-18-16-2)107-77-99(134-109-63-47-87(83-31-27-35-91(69-83)117-130-126-113(136-117)79-39-51-95(52-40-79)121(3,4)5)73-103(109)104-74-88(48-64-110(104)134)84-32-28-36-92(70-84)118-131-127-114(137-118)80-41-53-96(54-42-80)122(6,7)8)59-61-101(107)102-62-60-100(78-108(102)125)135-111-65-49-89(85-33-29-37-93(71-85)119-132-128-115(138-119)81-43-55-97(56-44-81)123(9,10)11)75-105(111)106-76-90(50-66-112(106)135)86-34-30-38-94(72-86)120-133-129-116(139-120)82-45-57-98(58-46-82)124(12,13)14/h27-66,69-78H,15-26,67-68H2,1-14H3. The van der Waals surface area contributed by atoms with Crippen molar-refractivity contribution in [1.29, 1.82) is 0 Å². The van der Waals surface area contributed by atoms with E-state index in [0.717, 1.165) is 170 Å². The van der Waals surface area contributed by atoms with Gasteiger partial charge in [-0.15, -0.1) is 40.8 Å². The van der Waals surface area contributed by atoms with Crippen molar-refractivity contribution >= 4 is 43.6 Å². The molecule has 6 heterocycles. The van der Waals surface area contributed by atoms with Gasteiger partial charge in [-0.1, -0.05) is 307 Å². The molecule has 694 valence electrons. The molecule has 1 aliphatic carbocycles. The Morgan fingerprint density at radius 1 is 0.216 bits per heavy atom. The molecule has 0 atom stereocenters. The molecule has 0 amide bonds. The molecule has 139 heavy (non-hydrogen) atoms. The van der Waals surface area contributed by atoms with Gasteiger partial charge >= 0.3 is 0 Å². The maximum Gasteiger partial charge on any atom is 0.248 e. The van der Waals surface area contributed by atoms with E-state index in [2.05, 4.69) is 450 Å². The Morgan fingerprint density at radius 2 is 0.432 bits per heavy atom. The summed E-state index contributed by atoms with van der Waals surface area (Å²) >= 11 is 0. The summed E-state index contributed by atoms with van der Waals surface area (Å²) in [5, 5.41) is 41.5. The zero-order valence-corrected chi connectivity index (χ0v) is 82.4. The molecule has 14 heteroatoms. The highest BCUT2D eigenvalue weighted by molar-refractivity contribution is 6.13. The number of hydrogen-bond acceptors (Lipinski definition) is 12. The summed E-state index contributed by atoms with van der Waals surface area (Å²) in [5.74, 6) is 3.79. The number of fused-ring (bicyclic) bond motifs is 9. The normalized spacial score (nSPS) is 12.8.